The predicted molar refractivity (Wildman–Crippen MR) is 67.1 cm³/mol. The Kier molecular flexibility index (Phi) is 4.62. The summed E-state index contributed by atoms with van der Waals surface area (Å²) < 4.78 is 38.7. The third kappa shape index (κ3) is 3.63. The van der Waals surface area contributed by atoms with Crippen LogP contribution in [0.2, 0.25) is 0 Å². The second-order valence-electron chi connectivity index (χ2n) is 4.59. The molecule has 18 heavy (non-hydrogen) atoms. The molecule has 0 aromatic heterocycles. The summed E-state index contributed by atoms with van der Waals surface area (Å²) in [6.45, 7) is 4.27. The van der Waals surface area contributed by atoms with Crippen LogP contribution in [0.25, 0.3) is 0 Å². The highest BCUT2D eigenvalue weighted by Crippen LogP contribution is 2.33. The monoisotopic (exact) mass is 260 g/mol. The van der Waals surface area contributed by atoms with Crippen LogP contribution in [-0.2, 0) is 12.7 Å². The minimum atomic E-state index is -4.36. The lowest BCUT2D eigenvalue weighted by molar-refractivity contribution is -0.138. The molecule has 1 unspecified atom stereocenters. The lowest BCUT2D eigenvalue weighted by Crippen LogP contribution is -2.29. The van der Waals surface area contributed by atoms with Crippen LogP contribution in [0.5, 0.6) is 0 Å². The standard InChI is InChI=1S/C13H19F3N2/c1-4-9(2)18(3)8-10-5-6-11(17)7-12(10)13(14,15)16/h5-7,9H,4,8,17H2,1-3H3. The van der Waals surface area contributed by atoms with Gasteiger partial charge in [0.2, 0.25) is 0 Å². The van der Waals surface area contributed by atoms with E-state index in [0.717, 1.165) is 12.5 Å². The Morgan fingerprint density at radius 1 is 1.33 bits per heavy atom. The molecule has 0 amide bonds. The zero-order valence-corrected chi connectivity index (χ0v) is 10.9. The molecule has 0 aliphatic rings. The van der Waals surface area contributed by atoms with Crippen molar-refractivity contribution < 1.29 is 13.2 Å². The number of halogens is 3. The summed E-state index contributed by atoms with van der Waals surface area (Å²) in [6.07, 6.45) is -3.46. The first-order chi connectivity index (χ1) is 8.25. The molecule has 2 nitrogen and oxygen atoms in total. The third-order valence-corrected chi connectivity index (χ3v) is 3.20. The lowest BCUT2D eigenvalue weighted by Gasteiger charge is -2.25. The summed E-state index contributed by atoms with van der Waals surface area (Å²) in [5.41, 5.74) is 5.19. The molecule has 0 aliphatic heterocycles. The maximum absolute atomic E-state index is 12.9. The van der Waals surface area contributed by atoms with E-state index in [1.807, 2.05) is 25.8 Å². The molecular weight excluding hydrogens is 241 g/mol. The van der Waals surface area contributed by atoms with E-state index >= 15 is 0 Å². The topological polar surface area (TPSA) is 29.3 Å². The maximum Gasteiger partial charge on any atom is 0.416 e. The molecule has 5 heteroatoms. The Bertz CT molecular complexity index is 402. The van der Waals surface area contributed by atoms with E-state index in [1.54, 1.807) is 0 Å². The summed E-state index contributed by atoms with van der Waals surface area (Å²) in [7, 11) is 1.82. The van der Waals surface area contributed by atoms with Crippen molar-refractivity contribution in [2.45, 2.75) is 39.0 Å². The van der Waals surface area contributed by atoms with Gasteiger partial charge < -0.3 is 5.73 Å². The van der Waals surface area contributed by atoms with E-state index in [-0.39, 0.29) is 23.8 Å². The first-order valence-corrected chi connectivity index (χ1v) is 5.91. The van der Waals surface area contributed by atoms with Gasteiger partial charge in [0.1, 0.15) is 0 Å². The number of rotatable bonds is 4. The van der Waals surface area contributed by atoms with Crippen molar-refractivity contribution in [3.05, 3.63) is 29.3 Å². The highest BCUT2D eigenvalue weighted by molar-refractivity contribution is 5.46. The molecule has 0 saturated heterocycles. The number of anilines is 1. The minimum Gasteiger partial charge on any atom is -0.399 e. The summed E-state index contributed by atoms with van der Waals surface area (Å²) in [5, 5.41) is 0. The van der Waals surface area contributed by atoms with E-state index < -0.39 is 11.7 Å². The molecule has 0 aliphatic carbocycles. The average molecular weight is 260 g/mol. The van der Waals surface area contributed by atoms with Crippen LogP contribution in [0.15, 0.2) is 18.2 Å². The molecule has 0 radical (unpaired) electrons. The van der Waals surface area contributed by atoms with Gasteiger partial charge in [0.25, 0.3) is 0 Å². The molecule has 1 atom stereocenters. The quantitative estimate of drug-likeness (QED) is 0.839. The third-order valence-electron chi connectivity index (χ3n) is 3.20. The molecule has 1 aromatic carbocycles. The molecule has 1 rings (SSSR count). The van der Waals surface area contributed by atoms with Crippen molar-refractivity contribution >= 4 is 5.69 Å². The van der Waals surface area contributed by atoms with Gasteiger partial charge in [-0.05, 0) is 38.1 Å². The van der Waals surface area contributed by atoms with Gasteiger partial charge in [-0.15, -0.1) is 0 Å². The van der Waals surface area contributed by atoms with Crippen molar-refractivity contribution in [3.63, 3.8) is 0 Å². The molecule has 0 bridgehead atoms. The normalized spacial score (nSPS) is 13.9. The van der Waals surface area contributed by atoms with Crippen LogP contribution in [-0.4, -0.2) is 18.0 Å². The molecule has 0 saturated carbocycles. The van der Waals surface area contributed by atoms with Gasteiger partial charge in [-0.25, -0.2) is 0 Å². The Hall–Kier alpha value is -1.23. The zero-order valence-electron chi connectivity index (χ0n) is 10.9. The molecule has 1 aromatic rings. The van der Waals surface area contributed by atoms with Gasteiger partial charge in [-0.1, -0.05) is 13.0 Å². The molecule has 102 valence electrons. The summed E-state index contributed by atoms with van der Waals surface area (Å²) >= 11 is 0. The number of benzene rings is 1. The smallest absolute Gasteiger partial charge is 0.399 e. The second kappa shape index (κ2) is 5.61. The fourth-order valence-electron chi connectivity index (χ4n) is 1.73. The number of hydrogen-bond donors (Lipinski definition) is 1. The van der Waals surface area contributed by atoms with Crippen molar-refractivity contribution in [2.75, 3.05) is 12.8 Å². The largest absolute Gasteiger partial charge is 0.416 e. The van der Waals surface area contributed by atoms with E-state index in [2.05, 4.69) is 0 Å². The highest BCUT2D eigenvalue weighted by atomic mass is 19.4. The van der Waals surface area contributed by atoms with E-state index in [4.69, 9.17) is 5.73 Å². The fourth-order valence-corrected chi connectivity index (χ4v) is 1.73. The number of nitrogen functional groups attached to an aromatic ring is 1. The number of hydrogen-bond acceptors (Lipinski definition) is 2. The van der Waals surface area contributed by atoms with Crippen LogP contribution in [0.1, 0.15) is 31.4 Å². The van der Waals surface area contributed by atoms with Gasteiger partial charge in [0.05, 0.1) is 5.56 Å². The Morgan fingerprint density at radius 3 is 2.44 bits per heavy atom. The second-order valence-corrected chi connectivity index (χ2v) is 4.59. The number of alkyl halides is 3. The lowest BCUT2D eigenvalue weighted by atomic mass is 10.0. The molecule has 0 spiro atoms. The average Bonchev–Trinajstić information content (AvgIpc) is 2.28. The summed E-state index contributed by atoms with van der Waals surface area (Å²) in [4.78, 5) is 1.90. The molecule has 2 N–H and O–H groups in total. The fraction of sp³-hybridized carbons (Fsp3) is 0.538. The van der Waals surface area contributed by atoms with Crippen LogP contribution >= 0.6 is 0 Å². The molecular formula is C13H19F3N2. The maximum atomic E-state index is 12.9. The highest BCUT2D eigenvalue weighted by Gasteiger charge is 2.33. The van der Waals surface area contributed by atoms with E-state index in [9.17, 15) is 13.2 Å². The van der Waals surface area contributed by atoms with Crippen molar-refractivity contribution in [3.8, 4) is 0 Å². The van der Waals surface area contributed by atoms with Crippen LogP contribution in [0.3, 0.4) is 0 Å². The zero-order chi connectivity index (χ0) is 13.9. The van der Waals surface area contributed by atoms with E-state index in [1.165, 1.54) is 12.1 Å². The summed E-state index contributed by atoms with van der Waals surface area (Å²) in [6, 6.07) is 4.20. The minimum absolute atomic E-state index is 0.136. The van der Waals surface area contributed by atoms with Gasteiger partial charge in [-0.3, -0.25) is 4.90 Å². The Balaban J connectivity index is 3.02. The first kappa shape index (κ1) is 14.8. The van der Waals surface area contributed by atoms with Gasteiger partial charge in [-0.2, -0.15) is 13.2 Å². The van der Waals surface area contributed by atoms with Crippen molar-refractivity contribution in [1.29, 1.82) is 0 Å². The summed E-state index contributed by atoms with van der Waals surface area (Å²) in [5.74, 6) is 0. The Morgan fingerprint density at radius 2 is 1.94 bits per heavy atom. The van der Waals surface area contributed by atoms with Crippen molar-refractivity contribution in [2.24, 2.45) is 0 Å². The van der Waals surface area contributed by atoms with E-state index in [0.29, 0.717) is 0 Å². The van der Waals surface area contributed by atoms with Crippen LogP contribution < -0.4 is 5.73 Å². The van der Waals surface area contributed by atoms with Gasteiger partial charge in [0.15, 0.2) is 0 Å². The Labute approximate surface area is 106 Å². The molecule has 0 heterocycles. The van der Waals surface area contributed by atoms with Gasteiger partial charge in [0, 0.05) is 18.3 Å². The first-order valence-electron chi connectivity index (χ1n) is 5.91. The van der Waals surface area contributed by atoms with Gasteiger partial charge >= 0.3 is 6.18 Å². The van der Waals surface area contributed by atoms with Crippen molar-refractivity contribution in [1.82, 2.24) is 4.90 Å². The number of nitrogens with two attached hydrogens (primary N) is 1. The van der Waals surface area contributed by atoms with Crippen LogP contribution in [0.4, 0.5) is 18.9 Å². The predicted octanol–water partition coefficient (Wildman–Crippen LogP) is 3.52. The SMILES string of the molecule is CCC(C)N(C)Cc1ccc(N)cc1C(F)(F)F. The number of nitrogens with zero attached hydrogens (tertiary/aromatic N) is 1. The van der Waals surface area contributed by atoms with Crippen LogP contribution in [0, 0.1) is 0 Å². The molecule has 0 fully saturated rings.